The second-order valence-electron chi connectivity index (χ2n) is 4.52. The van der Waals surface area contributed by atoms with Crippen molar-refractivity contribution in [3.05, 3.63) is 21.5 Å². The molecule has 1 N–H and O–H groups in total. The maximum Gasteiger partial charge on any atom is 0.332 e. The van der Waals surface area contributed by atoms with Crippen LogP contribution in [0, 0.1) is 3.70 Å². The summed E-state index contributed by atoms with van der Waals surface area (Å²) < 4.78 is 11.9. The molecule has 5 heteroatoms. The van der Waals surface area contributed by atoms with Gasteiger partial charge in [0.15, 0.2) is 0 Å². The van der Waals surface area contributed by atoms with E-state index in [1.54, 1.807) is 6.92 Å². The van der Waals surface area contributed by atoms with Gasteiger partial charge in [0.1, 0.15) is 12.2 Å². The number of ether oxygens (including phenoxy) is 2. The van der Waals surface area contributed by atoms with Gasteiger partial charge in [-0.1, -0.05) is 12.8 Å². The van der Waals surface area contributed by atoms with E-state index in [1.807, 2.05) is 6.07 Å². The summed E-state index contributed by atoms with van der Waals surface area (Å²) in [5.74, 6) is -0.287. The molecule has 0 radical (unpaired) electrons. The van der Waals surface area contributed by atoms with Crippen molar-refractivity contribution in [2.24, 2.45) is 0 Å². The zero-order chi connectivity index (χ0) is 13.0. The van der Waals surface area contributed by atoms with E-state index in [1.165, 1.54) is 0 Å². The summed E-state index contributed by atoms with van der Waals surface area (Å²) in [5.41, 5.74) is 0.754. The Hall–Kier alpha value is -0.560. The number of nitrogens with one attached hydrogen (secondary N) is 1. The minimum Gasteiger partial charge on any atom is -0.464 e. The lowest BCUT2D eigenvalue weighted by Crippen LogP contribution is -2.30. The molecular weight excluding hydrogens is 345 g/mol. The highest BCUT2D eigenvalue weighted by molar-refractivity contribution is 14.1. The number of esters is 1. The van der Waals surface area contributed by atoms with Crippen LogP contribution in [0.3, 0.4) is 0 Å². The van der Waals surface area contributed by atoms with Gasteiger partial charge in [-0.05, 0) is 54.5 Å². The van der Waals surface area contributed by atoms with Gasteiger partial charge in [-0.3, -0.25) is 0 Å². The molecule has 0 aromatic carbocycles. The molecule has 2 rings (SSSR count). The Morgan fingerprint density at radius 2 is 2.17 bits per heavy atom. The normalized spacial score (nSPS) is 17.9. The molecule has 0 amide bonds. The number of aromatic amines is 1. The first kappa shape index (κ1) is 13.9. The number of carbonyl (C=O) groups excluding carboxylic acids is 1. The number of aromatic nitrogens is 1. The van der Waals surface area contributed by atoms with Crippen LogP contribution >= 0.6 is 22.6 Å². The van der Waals surface area contributed by atoms with Crippen LogP contribution in [0.1, 0.15) is 38.3 Å². The number of rotatable bonds is 5. The van der Waals surface area contributed by atoms with Gasteiger partial charge < -0.3 is 14.5 Å². The Labute approximate surface area is 121 Å². The van der Waals surface area contributed by atoms with Gasteiger partial charge in [-0.2, -0.15) is 0 Å². The van der Waals surface area contributed by atoms with E-state index in [4.69, 9.17) is 9.47 Å². The molecule has 18 heavy (non-hydrogen) atoms. The first-order valence-corrected chi connectivity index (χ1v) is 7.39. The highest BCUT2D eigenvalue weighted by atomic mass is 127. The van der Waals surface area contributed by atoms with E-state index in [9.17, 15) is 4.79 Å². The fourth-order valence-electron chi connectivity index (χ4n) is 2.47. The molecule has 1 fully saturated rings. The third kappa shape index (κ3) is 3.06. The molecule has 0 unspecified atom stereocenters. The second kappa shape index (κ2) is 6.06. The van der Waals surface area contributed by atoms with Crippen molar-refractivity contribution in [2.45, 2.75) is 38.2 Å². The number of H-pyrrole nitrogens is 1. The molecule has 0 spiro atoms. The minimum absolute atomic E-state index is 0.0312. The first-order valence-electron chi connectivity index (χ1n) is 6.31. The highest BCUT2D eigenvalue weighted by Crippen LogP contribution is 2.41. The molecule has 1 saturated carbocycles. The summed E-state index contributed by atoms with van der Waals surface area (Å²) in [4.78, 5) is 14.7. The Balaban J connectivity index is 2.05. The Bertz CT molecular complexity index is 410. The minimum atomic E-state index is -0.323. The molecule has 0 atom stereocenters. The van der Waals surface area contributed by atoms with Crippen LogP contribution in [0.15, 0.2) is 12.1 Å². The fraction of sp³-hybridized carbons (Fsp3) is 0.615. The van der Waals surface area contributed by atoms with Crippen molar-refractivity contribution >= 4 is 28.6 Å². The van der Waals surface area contributed by atoms with Crippen molar-refractivity contribution in [3.63, 3.8) is 0 Å². The van der Waals surface area contributed by atoms with E-state index in [0.29, 0.717) is 6.61 Å². The Morgan fingerprint density at radius 1 is 1.44 bits per heavy atom. The van der Waals surface area contributed by atoms with Gasteiger partial charge in [0.2, 0.25) is 0 Å². The largest absolute Gasteiger partial charge is 0.464 e. The summed E-state index contributed by atoms with van der Waals surface area (Å²) in [7, 11) is 0. The topological polar surface area (TPSA) is 51.3 Å². The third-order valence-corrected chi connectivity index (χ3v) is 3.95. The molecule has 1 aromatic rings. The zero-order valence-corrected chi connectivity index (χ0v) is 12.7. The third-order valence-electron chi connectivity index (χ3n) is 3.32. The molecule has 0 saturated heterocycles. The van der Waals surface area contributed by atoms with E-state index in [-0.39, 0.29) is 18.2 Å². The monoisotopic (exact) mass is 363 g/mol. The van der Waals surface area contributed by atoms with Gasteiger partial charge >= 0.3 is 5.97 Å². The molecule has 100 valence electrons. The Kier molecular flexibility index (Phi) is 4.66. The van der Waals surface area contributed by atoms with Crippen molar-refractivity contribution in [2.75, 3.05) is 13.2 Å². The van der Waals surface area contributed by atoms with Crippen molar-refractivity contribution < 1.29 is 14.3 Å². The maximum absolute atomic E-state index is 11.4. The number of carbonyl (C=O) groups is 1. The second-order valence-corrected chi connectivity index (χ2v) is 5.68. The number of halogens is 1. The van der Waals surface area contributed by atoms with Gasteiger partial charge in [0.25, 0.3) is 0 Å². The summed E-state index contributed by atoms with van der Waals surface area (Å²) >= 11 is 2.25. The van der Waals surface area contributed by atoms with Crippen molar-refractivity contribution in [3.8, 4) is 0 Å². The van der Waals surface area contributed by atoms with Crippen LogP contribution in [0.5, 0.6) is 0 Å². The fourth-order valence-corrected chi connectivity index (χ4v) is 2.94. The smallest absolute Gasteiger partial charge is 0.332 e. The van der Waals surface area contributed by atoms with Crippen LogP contribution in [-0.2, 0) is 19.9 Å². The van der Waals surface area contributed by atoms with Crippen LogP contribution < -0.4 is 0 Å². The molecule has 1 aliphatic carbocycles. The summed E-state index contributed by atoms with van der Waals surface area (Å²) in [6, 6.07) is 4.09. The van der Waals surface area contributed by atoms with E-state index < -0.39 is 0 Å². The number of hydrogen-bond acceptors (Lipinski definition) is 3. The van der Waals surface area contributed by atoms with Crippen molar-refractivity contribution in [1.29, 1.82) is 0 Å². The Morgan fingerprint density at radius 3 is 2.72 bits per heavy atom. The average Bonchev–Trinajstić information content (AvgIpc) is 2.96. The average molecular weight is 363 g/mol. The van der Waals surface area contributed by atoms with Gasteiger partial charge in [-0.15, -0.1) is 0 Å². The standard InChI is InChI=1S/C13H18INO3/c1-2-17-12(16)9-18-13(7-3-4-8-13)10-5-6-11(14)15-10/h5-6,15H,2-4,7-9H2,1H3. The maximum atomic E-state index is 11.4. The molecule has 0 bridgehead atoms. The van der Waals surface area contributed by atoms with Crippen LogP contribution in [0.25, 0.3) is 0 Å². The summed E-state index contributed by atoms with van der Waals surface area (Å²) in [5, 5.41) is 0. The van der Waals surface area contributed by atoms with Gasteiger partial charge in [0, 0.05) is 5.69 Å². The lowest BCUT2D eigenvalue weighted by atomic mass is 9.98. The number of hydrogen-bond donors (Lipinski definition) is 1. The van der Waals surface area contributed by atoms with Crippen LogP contribution in [-0.4, -0.2) is 24.2 Å². The van der Waals surface area contributed by atoms with Crippen molar-refractivity contribution in [1.82, 2.24) is 4.98 Å². The predicted octanol–water partition coefficient (Wildman–Crippen LogP) is 2.97. The molecule has 1 heterocycles. The highest BCUT2D eigenvalue weighted by Gasteiger charge is 2.38. The van der Waals surface area contributed by atoms with E-state index in [0.717, 1.165) is 35.1 Å². The van der Waals surface area contributed by atoms with E-state index >= 15 is 0 Å². The quantitative estimate of drug-likeness (QED) is 0.647. The molecule has 1 aromatic heterocycles. The van der Waals surface area contributed by atoms with E-state index in [2.05, 4.69) is 33.6 Å². The van der Waals surface area contributed by atoms with Gasteiger partial charge in [-0.25, -0.2) is 4.79 Å². The zero-order valence-electron chi connectivity index (χ0n) is 10.5. The van der Waals surface area contributed by atoms with Crippen LogP contribution in [0.2, 0.25) is 0 Å². The molecule has 0 aliphatic heterocycles. The lowest BCUT2D eigenvalue weighted by molar-refractivity contribution is -0.156. The van der Waals surface area contributed by atoms with Crippen LogP contribution in [0.4, 0.5) is 0 Å². The molecular formula is C13H18INO3. The molecule has 1 aliphatic rings. The summed E-state index contributed by atoms with van der Waals surface area (Å²) in [6.07, 6.45) is 4.20. The summed E-state index contributed by atoms with van der Waals surface area (Å²) in [6.45, 7) is 2.23. The first-order chi connectivity index (χ1) is 8.66. The SMILES string of the molecule is CCOC(=O)COC1(c2ccc(I)[nH]2)CCCC1. The van der Waals surface area contributed by atoms with Gasteiger partial charge in [0.05, 0.1) is 10.3 Å². The molecule has 4 nitrogen and oxygen atoms in total. The lowest BCUT2D eigenvalue weighted by Gasteiger charge is -2.28. The predicted molar refractivity (Wildman–Crippen MR) is 76.2 cm³/mol.